The maximum Gasteiger partial charge on any atom is -0.0279 e. The van der Waals surface area contributed by atoms with Crippen molar-refractivity contribution in [2.24, 2.45) is 0 Å². The number of unbranched alkanes of at least 4 members (excludes halogenated alkanes) is 41. The minimum absolute atomic E-state index is 1.05. The van der Waals surface area contributed by atoms with Crippen LogP contribution in [-0.4, -0.2) is 0 Å². The van der Waals surface area contributed by atoms with E-state index in [1.165, 1.54) is 295 Å². The number of hydrogen-bond donors (Lipinski definition) is 0. The lowest BCUT2D eigenvalue weighted by Gasteiger charge is -2.11. The first-order chi connectivity index (χ1) is 27.8. The minimum Gasteiger partial charge on any atom is -0.0654 e. The molecule has 1 rings (SSSR count). The Bertz CT molecular complexity index is 803. The summed E-state index contributed by atoms with van der Waals surface area (Å²) in [6.07, 6.45) is 67.3. The van der Waals surface area contributed by atoms with Gasteiger partial charge in [-0.1, -0.05) is 302 Å². The first-order valence-corrected chi connectivity index (χ1v) is 26.7. The molecule has 0 N–H and O–H groups in total. The molecule has 1 radical (unpaired) electrons. The van der Waals surface area contributed by atoms with Gasteiger partial charge >= 0.3 is 0 Å². The third-order valence-electron chi connectivity index (χ3n) is 13.0. The Labute approximate surface area is 356 Å². The summed E-state index contributed by atoms with van der Waals surface area (Å²) in [7, 11) is 0. The molecule has 0 nitrogen and oxygen atoms in total. The highest BCUT2D eigenvalue weighted by atomic mass is 14.1. The van der Waals surface area contributed by atoms with E-state index < -0.39 is 0 Å². The van der Waals surface area contributed by atoms with Crippen LogP contribution in [0.25, 0.3) is 0 Å². The van der Waals surface area contributed by atoms with Gasteiger partial charge in [0.1, 0.15) is 0 Å². The van der Waals surface area contributed by atoms with Crippen molar-refractivity contribution >= 4 is 0 Å². The predicted molar refractivity (Wildman–Crippen MR) is 257 cm³/mol. The van der Waals surface area contributed by atoms with Crippen LogP contribution in [0.3, 0.4) is 0 Å². The van der Waals surface area contributed by atoms with Gasteiger partial charge in [-0.25, -0.2) is 0 Å². The van der Waals surface area contributed by atoms with Crippen molar-refractivity contribution in [3.8, 4) is 0 Å². The Balaban J connectivity index is 1.97. The zero-order valence-corrected chi connectivity index (χ0v) is 39.2. The second kappa shape index (κ2) is 45.3. The molecule has 0 aliphatic heterocycles. The van der Waals surface area contributed by atoms with Gasteiger partial charge < -0.3 is 0 Å². The van der Waals surface area contributed by atoms with Gasteiger partial charge in [0.2, 0.25) is 0 Å². The summed E-state index contributed by atoms with van der Waals surface area (Å²) >= 11 is 0. The monoisotopic (exact) mass is 778 g/mol. The van der Waals surface area contributed by atoms with Gasteiger partial charge in [0, 0.05) is 0 Å². The number of hydrogen-bond acceptors (Lipinski definition) is 0. The van der Waals surface area contributed by atoms with Gasteiger partial charge in [-0.15, -0.1) is 0 Å². The van der Waals surface area contributed by atoms with Gasteiger partial charge in [0.25, 0.3) is 0 Å². The Hall–Kier alpha value is -0.780. The molecule has 329 valence electrons. The van der Waals surface area contributed by atoms with Crippen molar-refractivity contribution in [3.63, 3.8) is 0 Å². The van der Waals surface area contributed by atoms with Crippen LogP contribution in [0.4, 0.5) is 0 Å². The van der Waals surface area contributed by atoms with E-state index in [0.717, 1.165) is 6.42 Å². The number of rotatable bonds is 47. The summed E-state index contributed by atoms with van der Waals surface area (Å²) in [6, 6.07) is 7.64. The standard InChI is InChI=1S/C56H105/c1-4-7-10-12-14-16-18-20-22-24-26-28-30-32-34-36-38-40-42-44-46-49-55-51-54(48-9-6-3)52-56(53-55)50-47-45-43-41-39-37-35-33-31-29-27-25-23-21-19-17-15-13-11-8-5-2/h51-53H,3-50H2,1-2H3. The van der Waals surface area contributed by atoms with Crippen molar-refractivity contribution in [2.45, 2.75) is 316 Å². The van der Waals surface area contributed by atoms with Crippen molar-refractivity contribution in [1.29, 1.82) is 0 Å². The largest absolute Gasteiger partial charge is 0.0654 e. The summed E-state index contributed by atoms with van der Waals surface area (Å²) in [5.41, 5.74) is 4.80. The van der Waals surface area contributed by atoms with E-state index in [-0.39, 0.29) is 0 Å². The zero-order valence-electron chi connectivity index (χ0n) is 39.2. The molecule has 0 amide bonds. The van der Waals surface area contributed by atoms with Gasteiger partial charge in [-0.05, 0) is 55.2 Å². The Kier molecular flexibility index (Phi) is 43.1. The van der Waals surface area contributed by atoms with Crippen LogP contribution in [-0.2, 0) is 19.3 Å². The zero-order chi connectivity index (χ0) is 40.1. The van der Waals surface area contributed by atoms with Gasteiger partial charge in [0.05, 0.1) is 0 Å². The molecule has 0 aliphatic rings. The Morgan fingerprint density at radius 1 is 0.232 bits per heavy atom. The van der Waals surface area contributed by atoms with E-state index in [2.05, 4.69) is 39.0 Å². The molecule has 0 atom stereocenters. The van der Waals surface area contributed by atoms with Gasteiger partial charge in [0.15, 0.2) is 0 Å². The van der Waals surface area contributed by atoms with E-state index >= 15 is 0 Å². The number of aryl methyl sites for hydroxylation is 3. The molecule has 0 heteroatoms. The molecule has 0 saturated carbocycles. The second-order valence-corrected chi connectivity index (χ2v) is 18.8. The van der Waals surface area contributed by atoms with Crippen LogP contribution < -0.4 is 0 Å². The van der Waals surface area contributed by atoms with Crippen LogP contribution >= 0.6 is 0 Å². The molecular weight excluding hydrogens is 673 g/mol. The fraction of sp³-hybridized carbons (Fsp3) is 0.875. The van der Waals surface area contributed by atoms with E-state index in [1.54, 1.807) is 16.7 Å². The summed E-state index contributed by atoms with van der Waals surface area (Å²) in [4.78, 5) is 0. The number of benzene rings is 1. The van der Waals surface area contributed by atoms with E-state index in [4.69, 9.17) is 0 Å². The third kappa shape index (κ3) is 38.7. The summed E-state index contributed by atoms with van der Waals surface area (Å²) in [5, 5.41) is 0. The molecule has 0 fully saturated rings. The predicted octanol–water partition coefficient (Wildman–Crippen LogP) is 20.4. The molecule has 0 bridgehead atoms. The van der Waals surface area contributed by atoms with Crippen molar-refractivity contribution < 1.29 is 0 Å². The molecule has 0 aliphatic carbocycles. The van der Waals surface area contributed by atoms with E-state index in [1.807, 2.05) is 0 Å². The van der Waals surface area contributed by atoms with Crippen LogP contribution in [0.2, 0.25) is 0 Å². The quantitative estimate of drug-likeness (QED) is 0.0578. The summed E-state index contributed by atoms with van der Waals surface area (Å²) in [6.45, 7) is 8.74. The van der Waals surface area contributed by atoms with Crippen LogP contribution in [0.5, 0.6) is 0 Å². The van der Waals surface area contributed by atoms with E-state index in [0.29, 0.717) is 0 Å². The molecule has 0 heterocycles. The average molecular weight is 778 g/mol. The van der Waals surface area contributed by atoms with Crippen molar-refractivity contribution in [1.82, 2.24) is 0 Å². The topological polar surface area (TPSA) is 0 Å². The lowest BCUT2D eigenvalue weighted by molar-refractivity contribution is 0.520. The fourth-order valence-electron chi connectivity index (χ4n) is 9.12. The fourth-order valence-corrected chi connectivity index (χ4v) is 9.12. The maximum absolute atomic E-state index is 4.11. The lowest BCUT2D eigenvalue weighted by atomic mass is 9.95. The lowest BCUT2D eigenvalue weighted by Crippen LogP contribution is -1.96. The van der Waals surface area contributed by atoms with Crippen molar-refractivity contribution in [3.05, 3.63) is 41.8 Å². The summed E-state index contributed by atoms with van der Waals surface area (Å²) < 4.78 is 0. The third-order valence-corrected chi connectivity index (χ3v) is 13.0. The highest BCUT2D eigenvalue weighted by Crippen LogP contribution is 2.21. The molecule has 1 aromatic carbocycles. The molecule has 0 spiro atoms. The highest BCUT2D eigenvalue weighted by molar-refractivity contribution is 5.30. The molecule has 0 saturated heterocycles. The molecule has 0 unspecified atom stereocenters. The Morgan fingerprint density at radius 2 is 0.393 bits per heavy atom. The smallest absolute Gasteiger partial charge is 0.0279 e. The minimum atomic E-state index is 1.05. The van der Waals surface area contributed by atoms with E-state index in [9.17, 15) is 0 Å². The van der Waals surface area contributed by atoms with Crippen LogP contribution in [0, 0.1) is 6.92 Å². The second-order valence-electron chi connectivity index (χ2n) is 18.8. The summed E-state index contributed by atoms with van der Waals surface area (Å²) in [5.74, 6) is 0. The first-order valence-electron chi connectivity index (χ1n) is 26.7. The molecular formula is C56H105. The van der Waals surface area contributed by atoms with Gasteiger partial charge in [-0.2, -0.15) is 0 Å². The van der Waals surface area contributed by atoms with Crippen LogP contribution in [0.1, 0.15) is 313 Å². The molecule has 1 aromatic rings. The highest BCUT2D eigenvalue weighted by Gasteiger charge is 2.04. The molecule has 0 aromatic heterocycles. The SMILES string of the molecule is [CH2]CCCc1cc(CCCCCCCCCCCCCCCCCCCCCCC)cc(CCCCCCCCCCCCCCCCCCCCCCC)c1. The average Bonchev–Trinajstić information content (AvgIpc) is 3.21. The normalized spacial score (nSPS) is 11.6. The Morgan fingerprint density at radius 3 is 0.571 bits per heavy atom. The first kappa shape index (κ1) is 53.2. The van der Waals surface area contributed by atoms with Crippen molar-refractivity contribution in [2.75, 3.05) is 0 Å². The van der Waals surface area contributed by atoms with Gasteiger partial charge in [-0.3, -0.25) is 0 Å². The van der Waals surface area contributed by atoms with Crippen LogP contribution in [0.15, 0.2) is 18.2 Å². The molecule has 56 heavy (non-hydrogen) atoms. The maximum atomic E-state index is 4.11.